The van der Waals surface area contributed by atoms with E-state index in [-0.39, 0.29) is 0 Å². The lowest BCUT2D eigenvalue weighted by atomic mass is 9.80. The number of fused-ring (bicyclic) bond motifs is 1. The minimum Gasteiger partial charge on any atom is -0.383 e. The smallest absolute Gasteiger partial charge is 0.0589 e. The maximum Gasteiger partial charge on any atom is 0.0589 e. The van der Waals surface area contributed by atoms with Gasteiger partial charge in [0.15, 0.2) is 0 Å². The van der Waals surface area contributed by atoms with E-state index in [2.05, 4.69) is 89.9 Å². The van der Waals surface area contributed by atoms with Gasteiger partial charge >= 0.3 is 0 Å². The van der Waals surface area contributed by atoms with Gasteiger partial charge in [-0.2, -0.15) is 0 Å². The number of likely N-dealkylation sites (tertiary alicyclic amines) is 1. The highest BCUT2D eigenvalue weighted by Crippen LogP contribution is 2.33. The fourth-order valence-corrected chi connectivity index (χ4v) is 4.88. The molecule has 1 saturated heterocycles. The lowest BCUT2D eigenvalue weighted by molar-refractivity contribution is 0.107. The van der Waals surface area contributed by atoms with E-state index in [0.717, 1.165) is 32.8 Å². The number of piperidine rings is 1. The highest BCUT2D eigenvalue weighted by atomic mass is 16.5. The van der Waals surface area contributed by atoms with Gasteiger partial charge in [0.1, 0.15) is 0 Å². The number of hydrogen-bond donors (Lipinski definition) is 1. The van der Waals surface area contributed by atoms with Crippen molar-refractivity contribution in [3.63, 3.8) is 0 Å². The van der Waals surface area contributed by atoms with Gasteiger partial charge in [0.25, 0.3) is 0 Å². The Balaban J connectivity index is 1.46. The summed E-state index contributed by atoms with van der Waals surface area (Å²) in [5.74, 6) is 1.20. The Hall–Kier alpha value is -2.20. The van der Waals surface area contributed by atoms with E-state index >= 15 is 0 Å². The first-order valence-electron chi connectivity index (χ1n) is 11.2. The molecule has 1 heterocycles. The van der Waals surface area contributed by atoms with Gasteiger partial charge in [-0.25, -0.2) is 0 Å². The Morgan fingerprint density at radius 2 is 1.77 bits per heavy atom. The zero-order valence-electron chi connectivity index (χ0n) is 18.3. The van der Waals surface area contributed by atoms with Crippen LogP contribution in [0.15, 0.2) is 72.8 Å². The summed E-state index contributed by atoms with van der Waals surface area (Å²) in [6.07, 6.45) is 1.22. The molecule has 0 amide bonds. The largest absolute Gasteiger partial charge is 0.383 e. The molecule has 0 spiro atoms. The van der Waals surface area contributed by atoms with Crippen LogP contribution in [0.1, 0.15) is 36.4 Å². The Bertz CT molecular complexity index is 921. The van der Waals surface area contributed by atoms with Crippen molar-refractivity contribution in [2.45, 2.75) is 25.3 Å². The molecule has 0 radical (unpaired) electrons. The predicted molar refractivity (Wildman–Crippen MR) is 126 cm³/mol. The predicted octanol–water partition coefficient (Wildman–Crippen LogP) is 5.24. The summed E-state index contributed by atoms with van der Waals surface area (Å²) in [4.78, 5) is 2.56. The van der Waals surface area contributed by atoms with Crippen LogP contribution in [0.3, 0.4) is 0 Å². The molecule has 0 aliphatic carbocycles. The summed E-state index contributed by atoms with van der Waals surface area (Å²) >= 11 is 0. The molecule has 1 aliphatic heterocycles. The fourth-order valence-electron chi connectivity index (χ4n) is 4.88. The molecule has 3 heteroatoms. The maximum absolute atomic E-state index is 5.32. The van der Waals surface area contributed by atoms with Crippen molar-refractivity contribution < 1.29 is 4.74 Å². The minimum absolute atomic E-state index is 0.332. The van der Waals surface area contributed by atoms with Crippen LogP contribution in [-0.4, -0.2) is 44.8 Å². The van der Waals surface area contributed by atoms with E-state index < -0.39 is 0 Å². The third-order valence-electron chi connectivity index (χ3n) is 6.66. The van der Waals surface area contributed by atoms with Gasteiger partial charge in [0.05, 0.1) is 6.61 Å². The molecule has 3 aromatic carbocycles. The SMILES string of the molecule is COCCN1CCC(CN[C@H](C)c2cccc3ccccc23)C(c2ccccc2)C1. The van der Waals surface area contributed by atoms with Crippen LogP contribution in [0.5, 0.6) is 0 Å². The number of ether oxygens (including phenoxy) is 1. The van der Waals surface area contributed by atoms with Crippen molar-refractivity contribution in [3.8, 4) is 0 Å². The molecule has 0 aromatic heterocycles. The van der Waals surface area contributed by atoms with E-state index in [1.807, 2.05) is 0 Å². The van der Waals surface area contributed by atoms with Gasteiger partial charge in [0.2, 0.25) is 0 Å². The van der Waals surface area contributed by atoms with Gasteiger partial charge < -0.3 is 15.0 Å². The second kappa shape index (κ2) is 10.2. The molecular formula is C27H34N2O. The summed E-state index contributed by atoms with van der Waals surface area (Å²) in [6, 6.07) is 26.7. The zero-order valence-corrected chi connectivity index (χ0v) is 18.3. The van der Waals surface area contributed by atoms with Crippen LogP contribution in [0.25, 0.3) is 10.8 Å². The standard InChI is InChI=1S/C27H34N2O/c1-21(25-14-8-12-22-11-6-7-13-26(22)25)28-19-24-15-16-29(17-18-30-2)20-27(24)23-9-4-3-5-10-23/h3-14,21,24,27-28H,15-20H2,1-2H3/t21-,24?,27?/m1/s1. The van der Waals surface area contributed by atoms with Crippen molar-refractivity contribution in [1.29, 1.82) is 0 Å². The minimum atomic E-state index is 0.332. The number of hydrogen-bond acceptors (Lipinski definition) is 3. The molecule has 0 saturated carbocycles. The molecule has 2 unspecified atom stereocenters. The highest BCUT2D eigenvalue weighted by molar-refractivity contribution is 5.86. The van der Waals surface area contributed by atoms with Crippen LogP contribution < -0.4 is 5.32 Å². The van der Waals surface area contributed by atoms with Gasteiger partial charge in [-0.15, -0.1) is 0 Å². The Morgan fingerprint density at radius 1 is 1.00 bits per heavy atom. The second-order valence-electron chi connectivity index (χ2n) is 8.56. The van der Waals surface area contributed by atoms with E-state index in [1.54, 1.807) is 7.11 Å². The van der Waals surface area contributed by atoms with Crippen molar-refractivity contribution >= 4 is 10.8 Å². The molecule has 0 bridgehead atoms. The lowest BCUT2D eigenvalue weighted by Crippen LogP contribution is -2.44. The first-order chi connectivity index (χ1) is 14.8. The lowest BCUT2D eigenvalue weighted by Gasteiger charge is -2.39. The first-order valence-corrected chi connectivity index (χ1v) is 11.2. The highest BCUT2D eigenvalue weighted by Gasteiger charge is 2.30. The third kappa shape index (κ3) is 4.92. The third-order valence-corrected chi connectivity index (χ3v) is 6.66. The van der Waals surface area contributed by atoms with Crippen LogP contribution in [0.4, 0.5) is 0 Å². The molecule has 1 N–H and O–H groups in total. The van der Waals surface area contributed by atoms with Gasteiger partial charge in [-0.1, -0.05) is 72.8 Å². The average molecular weight is 403 g/mol. The van der Waals surface area contributed by atoms with Crippen LogP contribution in [0, 0.1) is 5.92 Å². The quantitative estimate of drug-likeness (QED) is 0.557. The zero-order chi connectivity index (χ0) is 20.8. The molecular weight excluding hydrogens is 368 g/mol. The van der Waals surface area contributed by atoms with E-state index in [0.29, 0.717) is 17.9 Å². The van der Waals surface area contributed by atoms with Crippen LogP contribution >= 0.6 is 0 Å². The van der Waals surface area contributed by atoms with E-state index in [9.17, 15) is 0 Å². The number of nitrogens with zero attached hydrogens (tertiary/aromatic N) is 1. The van der Waals surface area contributed by atoms with Gasteiger partial charge in [-0.05, 0) is 54.3 Å². The normalized spacial score (nSPS) is 21.0. The molecule has 1 aliphatic rings. The molecule has 158 valence electrons. The summed E-state index contributed by atoms with van der Waals surface area (Å²) in [5, 5.41) is 6.55. The summed E-state index contributed by atoms with van der Waals surface area (Å²) in [6.45, 7) is 7.44. The first kappa shape index (κ1) is 21.0. The number of methoxy groups -OCH3 is 1. The fraction of sp³-hybridized carbons (Fsp3) is 0.407. The van der Waals surface area contributed by atoms with E-state index in [4.69, 9.17) is 4.74 Å². The monoisotopic (exact) mass is 402 g/mol. The van der Waals surface area contributed by atoms with Crippen molar-refractivity contribution in [2.75, 3.05) is 39.9 Å². The topological polar surface area (TPSA) is 24.5 Å². The molecule has 4 rings (SSSR count). The van der Waals surface area contributed by atoms with Crippen LogP contribution in [-0.2, 0) is 4.74 Å². The Morgan fingerprint density at radius 3 is 2.60 bits per heavy atom. The van der Waals surface area contributed by atoms with Crippen molar-refractivity contribution in [1.82, 2.24) is 10.2 Å². The molecule has 3 atom stereocenters. The van der Waals surface area contributed by atoms with E-state index in [1.165, 1.54) is 28.3 Å². The molecule has 1 fully saturated rings. The average Bonchev–Trinajstić information content (AvgIpc) is 2.81. The maximum atomic E-state index is 5.32. The molecule has 3 aromatic rings. The number of rotatable bonds is 8. The summed E-state index contributed by atoms with van der Waals surface area (Å²) in [7, 11) is 1.79. The van der Waals surface area contributed by atoms with Crippen LogP contribution in [0.2, 0.25) is 0 Å². The number of nitrogens with one attached hydrogen (secondary N) is 1. The van der Waals surface area contributed by atoms with Crippen molar-refractivity contribution in [2.24, 2.45) is 5.92 Å². The second-order valence-corrected chi connectivity index (χ2v) is 8.56. The molecule has 30 heavy (non-hydrogen) atoms. The van der Waals surface area contributed by atoms with Crippen molar-refractivity contribution in [3.05, 3.63) is 83.9 Å². The van der Waals surface area contributed by atoms with Gasteiger partial charge in [-0.3, -0.25) is 0 Å². The Labute approximate surface area is 181 Å². The Kier molecular flexibility index (Phi) is 7.16. The summed E-state index contributed by atoms with van der Waals surface area (Å²) < 4.78 is 5.32. The summed E-state index contributed by atoms with van der Waals surface area (Å²) in [5.41, 5.74) is 2.85. The number of benzene rings is 3. The molecule has 3 nitrogen and oxygen atoms in total. The van der Waals surface area contributed by atoms with Gasteiger partial charge in [0, 0.05) is 32.2 Å².